The highest BCUT2D eigenvalue weighted by Gasteiger charge is 2.19. The normalized spacial score (nSPS) is 10.8. The number of hydrogen-bond acceptors (Lipinski definition) is 7. The molecule has 6 nitrogen and oxygen atoms in total. The van der Waals surface area contributed by atoms with E-state index in [0.717, 1.165) is 10.6 Å². The van der Waals surface area contributed by atoms with Gasteiger partial charge in [-0.25, -0.2) is 14.2 Å². The predicted molar refractivity (Wildman–Crippen MR) is 101 cm³/mol. The molecule has 0 saturated heterocycles. The second kappa shape index (κ2) is 7.69. The summed E-state index contributed by atoms with van der Waals surface area (Å²) in [7, 11) is 0. The summed E-state index contributed by atoms with van der Waals surface area (Å²) in [5.41, 5.74) is 2.15. The van der Waals surface area contributed by atoms with Crippen LogP contribution in [0.1, 0.15) is 21.3 Å². The van der Waals surface area contributed by atoms with Gasteiger partial charge in [0, 0.05) is 11.1 Å². The molecule has 4 aromatic rings. The number of hydrogen-bond donors (Lipinski definition) is 0. The molecular weight excluding hydrogens is 381 g/mol. The molecule has 0 aliphatic rings. The van der Waals surface area contributed by atoms with Gasteiger partial charge in [0.15, 0.2) is 6.61 Å². The Morgan fingerprint density at radius 3 is 2.57 bits per heavy atom. The first-order chi connectivity index (χ1) is 13.6. The van der Waals surface area contributed by atoms with Crippen molar-refractivity contribution in [2.24, 2.45) is 0 Å². The maximum atomic E-state index is 13.0. The summed E-state index contributed by atoms with van der Waals surface area (Å²) >= 11 is 1.27. The van der Waals surface area contributed by atoms with Gasteiger partial charge in [-0.3, -0.25) is 0 Å². The van der Waals surface area contributed by atoms with E-state index in [2.05, 4.69) is 15.1 Å². The van der Waals surface area contributed by atoms with Gasteiger partial charge in [0.25, 0.3) is 5.89 Å². The number of carbonyl (C=O) groups is 1. The van der Waals surface area contributed by atoms with Crippen molar-refractivity contribution < 1.29 is 18.4 Å². The van der Waals surface area contributed by atoms with Crippen molar-refractivity contribution in [3.63, 3.8) is 0 Å². The van der Waals surface area contributed by atoms with Crippen LogP contribution in [0.5, 0.6) is 0 Å². The highest BCUT2D eigenvalue weighted by Crippen LogP contribution is 2.28. The molecule has 0 spiro atoms. The Hall–Kier alpha value is -3.39. The molecule has 0 atom stereocenters. The lowest BCUT2D eigenvalue weighted by atomic mass is 10.2. The predicted octanol–water partition coefficient (Wildman–Crippen LogP) is 4.66. The van der Waals surface area contributed by atoms with E-state index in [9.17, 15) is 9.18 Å². The molecular formula is C20H14FN3O3S. The molecule has 0 fully saturated rings. The maximum Gasteiger partial charge on any atom is 0.350 e. The van der Waals surface area contributed by atoms with Crippen molar-refractivity contribution in [1.82, 2.24) is 15.1 Å². The molecule has 4 rings (SSSR count). The van der Waals surface area contributed by atoms with Gasteiger partial charge in [-0.1, -0.05) is 35.5 Å². The number of rotatable bonds is 5. The molecule has 2 aromatic heterocycles. The van der Waals surface area contributed by atoms with E-state index in [1.54, 1.807) is 19.1 Å². The highest BCUT2D eigenvalue weighted by molar-refractivity contribution is 7.17. The Balaban J connectivity index is 1.44. The molecule has 0 aliphatic carbocycles. The first-order valence-corrected chi connectivity index (χ1v) is 9.20. The van der Waals surface area contributed by atoms with Gasteiger partial charge in [-0.2, -0.15) is 4.98 Å². The largest absolute Gasteiger partial charge is 0.451 e. The molecule has 140 valence electrons. The number of esters is 1. The fourth-order valence-electron chi connectivity index (χ4n) is 2.51. The fraction of sp³-hybridized carbons (Fsp3) is 0.100. The molecule has 0 saturated carbocycles. The van der Waals surface area contributed by atoms with Crippen LogP contribution in [0.25, 0.3) is 22.0 Å². The molecule has 8 heteroatoms. The van der Waals surface area contributed by atoms with Crippen molar-refractivity contribution in [1.29, 1.82) is 0 Å². The number of halogens is 1. The highest BCUT2D eigenvalue weighted by atomic mass is 32.1. The van der Waals surface area contributed by atoms with Gasteiger partial charge in [-0.15, -0.1) is 11.3 Å². The lowest BCUT2D eigenvalue weighted by molar-refractivity contribution is 0.0434. The van der Waals surface area contributed by atoms with Gasteiger partial charge in [0.05, 0.1) is 5.69 Å². The van der Waals surface area contributed by atoms with Crippen molar-refractivity contribution in [3.8, 4) is 22.0 Å². The third-order valence-electron chi connectivity index (χ3n) is 3.90. The Kier molecular flexibility index (Phi) is 4.94. The van der Waals surface area contributed by atoms with E-state index >= 15 is 0 Å². The van der Waals surface area contributed by atoms with E-state index in [0.29, 0.717) is 22.0 Å². The van der Waals surface area contributed by atoms with Gasteiger partial charge < -0.3 is 9.26 Å². The summed E-state index contributed by atoms with van der Waals surface area (Å²) in [6, 6.07) is 15.3. The van der Waals surface area contributed by atoms with Crippen LogP contribution in [0, 0.1) is 12.7 Å². The zero-order chi connectivity index (χ0) is 19.5. The second-order valence-corrected chi connectivity index (χ2v) is 6.89. The monoisotopic (exact) mass is 395 g/mol. The lowest BCUT2D eigenvalue weighted by Gasteiger charge is -1.99. The molecule has 28 heavy (non-hydrogen) atoms. The van der Waals surface area contributed by atoms with E-state index in [1.807, 2.05) is 30.3 Å². The van der Waals surface area contributed by atoms with Crippen LogP contribution in [-0.2, 0) is 11.3 Å². The summed E-state index contributed by atoms with van der Waals surface area (Å²) in [5, 5.41) is 4.57. The molecule has 0 N–H and O–H groups in total. The van der Waals surface area contributed by atoms with Crippen LogP contribution >= 0.6 is 11.3 Å². The van der Waals surface area contributed by atoms with Crippen LogP contribution in [0.3, 0.4) is 0 Å². The van der Waals surface area contributed by atoms with Crippen molar-refractivity contribution in [2.75, 3.05) is 0 Å². The number of carbonyl (C=O) groups excluding carboxylic acids is 1. The molecule has 0 aliphatic heterocycles. The first kappa shape index (κ1) is 18.0. The lowest BCUT2D eigenvalue weighted by Crippen LogP contribution is -2.05. The fourth-order valence-corrected chi connectivity index (χ4v) is 3.48. The second-order valence-electron chi connectivity index (χ2n) is 5.89. The minimum absolute atomic E-state index is 0.151. The van der Waals surface area contributed by atoms with E-state index in [4.69, 9.17) is 9.26 Å². The quantitative estimate of drug-likeness (QED) is 0.457. The van der Waals surface area contributed by atoms with Crippen LogP contribution in [0.2, 0.25) is 0 Å². The SMILES string of the molecule is Cc1nc(-c2ccccc2)sc1C(=O)OCc1nc(-c2ccc(F)cc2)no1. The molecule has 0 radical (unpaired) electrons. The van der Waals surface area contributed by atoms with E-state index < -0.39 is 5.97 Å². The summed E-state index contributed by atoms with van der Waals surface area (Å²) in [6.45, 7) is 1.60. The third kappa shape index (κ3) is 3.81. The molecule has 2 aromatic carbocycles. The van der Waals surface area contributed by atoms with Gasteiger partial charge in [-0.05, 0) is 31.2 Å². The van der Waals surface area contributed by atoms with Gasteiger partial charge in [0.1, 0.15) is 15.7 Å². The van der Waals surface area contributed by atoms with Crippen LogP contribution in [-0.4, -0.2) is 21.1 Å². The van der Waals surface area contributed by atoms with Crippen molar-refractivity contribution in [2.45, 2.75) is 13.5 Å². The molecule has 0 amide bonds. The first-order valence-electron chi connectivity index (χ1n) is 8.38. The number of nitrogens with zero attached hydrogens (tertiary/aromatic N) is 3. The average Bonchev–Trinajstić information content (AvgIpc) is 3.34. The number of ether oxygens (including phenoxy) is 1. The Morgan fingerprint density at radius 2 is 1.82 bits per heavy atom. The minimum Gasteiger partial charge on any atom is -0.451 e. The number of aryl methyl sites for hydroxylation is 1. The maximum absolute atomic E-state index is 13.0. The Bertz CT molecular complexity index is 1110. The third-order valence-corrected chi connectivity index (χ3v) is 5.09. The summed E-state index contributed by atoms with van der Waals surface area (Å²) in [4.78, 5) is 21.4. The molecule has 0 bridgehead atoms. The van der Waals surface area contributed by atoms with Crippen molar-refractivity contribution in [3.05, 3.63) is 76.9 Å². The minimum atomic E-state index is -0.501. The Morgan fingerprint density at radius 1 is 1.07 bits per heavy atom. The van der Waals surface area contributed by atoms with E-state index in [-0.39, 0.29) is 18.3 Å². The summed E-state index contributed by atoms with van der Waals surface area (Å²) in [5.74, 6) is -0.403. The summed E-state index contributed by atoms with van der Waals surface area (Å²) < 4.78 is 23.4. The van der Waals surface area contributed by atoms with Gasteiger partial charge in [0.2, 0.25) is 5.82 Å². The topological polar surface area (TPSA) is 78.1 Å². The van der Waals surface area contributed by atoms with E-state index in [1.165, 1.54) is 23.5 Å². The number of aromatic nitrogens is 3. The van der Waals surface area contributed by atoms with Crippen LogP contribution < -0.4 is 0 Å². The average molecular weight is 395 g/mol. The smallest absolute Gasteiger partial charge is 0.350 e. The summed E-state index contributed by atoms with van der Waals surface area (Å²) in [6.07, 6.45) is 0. The molecule has 0 unspecified atom stereocenters. The van der Waals surface area contributed by atoms with Crippen LogP contribution in [0.4, 0.5) is 4.39 Å². The van der Waals surface area contributed by atoms with Crippen molar-refractivity contribution >= 4 is 17.3 Å². The Labute approximate surface area is 163 Å². The standard InChI is InChI=1S/C20H14FN3O3S/c1-12-17(28-19(22-12)14-5-3-2-4-6-14)20(25)26-11-16-23-18(24-27-16)13-7-9-15(21)10-8-13/h2-10H,11H2,1H3. The zero-order valence-corrected chi connectivity index (χ0v) is 15.6. The molecule has 2 heterocycles. The van der Waals surface area contributed by atoms with Crippen LogP contribution in [0.15, 0.2) is 59.1 Å². The number of benzene rings is 2. The zero-order valence-electron chi connectivity index (χ0n) is 14.8. The van der Waals surface area contributed by atoms with Gasteiger partial charge >= 0.3 is 5.97 Å². The number of thiazole rings is 1.